The van der Waals surface area contributed by atoms with Crippen molar-refractivity contribution >= 4 is 43.5 Å². The quantitative estimate of drug-likeness (QED) is 0.513. The lowest BCUT2D eigenvalue weighted by Crippen LogP contribution is -2.51. The number of rotatable bonds is 10. The van der Waals surface area contributed by atoms with Gasteiger partial charge in [0, 0.05) is 17.6 Å². The molecule has 0 heterocycles. The molecule has 7 nitrogen and oxygen atoms in total. The maximum atomic E-state index is 13.3. The average Bonchev–Trinajstić information content (AvgIpc) is 2.74. The molecule has 0 radical (unpaired) electrons. The maximum absolute atomic E-state index is 13.3. The van der Waals surface area contributed by atoms with Crippen LogP contribution in [0.1, 0.15) is 25.8 Å². The molecule has 0 bridgehead atoms. The van der Waals surface area contributed by atoms with E-state index in [0.29, 0.717) is 17.8 Å². The minimum absolute atomic E-state index is 0.0256. The molecule has 1 unspecified atom stereocenters. The molecule has 0 aliphatic rings. The van der Waals surface area contributed by atoms with Gasteiger partial charge in [-0.3, -0.25) is 13.9 Å². The van der Waals surface area contributed by atoms with E-state index in [0.717, 1.165) is 21.5 Å². The van der Waals surface area contributed by atoms with Gasteiger partial charge in [-0.05, 0) is 55.3 Å². The van der Waals surface area contributed by atoms with Crippen molar-refractivity contribution in [3.63, 3.8) is 0 Å². The van der Waals surface area contributed by atoms with Crippen LogP contribution in [0.4, 0.5) is 10.1 Å². The van der Waals surface area contributed by atoms with E-state index >= 15 is 0 Å². The van der Waals surface area contributed by atoms with Gasteiger partial charge in [0.15, 0.2) is 0 Å². The first-order valence-corrected chi connectivity index (χ1v) is 12.7. The van der Waals surface area contributed by atoms with Crippen molar-refractivity contribution in [2.45, 2.75) is 32.9 Å². The third kappa shape index (κ3) is 7.30. The normalized spacial score (nSPS) is 12.2. The Morgan fingerprint density at radius 2 is 1.69 bits per heavy atom. The predicted molar refractivity (Wildman–Crippen MR) is 126 cm³/mol. The first kappa shape index (κ1) is 25.8. The van der Waals surface area contributed by atoms with Crippen molar-refractivity contribution in [3.8, 4) is 0 Å². The van der Waals surface area contributed by atoms with Crippen LogP contribution in [-0.2, 0) is 26.2 Å². The van der Waals surface area contributed by atoms with Crippen LogP contribution in [0.25, 0.3) is 0 Å². The predicted octanol–water partition coefficient (Wildman–Crippen LogP) is 3.30. The maximum Gasteiger partial charge on any atom is 0.244 e. The second-order valence-electron chi connectivity index (χ2n) is 7.36. The van der Waals surface area contributed by atoms with Gasteiger partial charge in [0.25, 0.3) is 0 Å². The van der Waals surface area contributed by atoms with Crippen molar-refractivity contribution in [1.82, 2.24) is 10.2 Å². The van der Waals surface area contributed by atoms with Crippen molar-refractivity contribution in [3.05, 3.63) is 64.4 Å². The monoisotopic (exact) mass is 527 g/mol. The van der Waals surface area contributed by atoms with Gasteiger partial charge in [0.05, 0.1) is 11.9 Å². The highest BCUT2D eigenvalue weighted by Crippen LogP contribution is 2.21. The summed E-state index contributed by atoms with van der Waals surface area (Å²) in [6.45, 7) is 3.49. The standard InChI is InChI=1S/C22H27BrFN3O4S/c1-4-13-25-22(29)16(2)26(14-17-5-9-19(24)10-6-17)21(28)15-27(32(3,30)31)20-11-7-18(23)8-12-20/h5-12,16H,4,13-15H2,1-3H3,(H,25,29). The first-order chi connectivity index (χ1) is 15.0. The van der Waals surface area contributed by atoms with Crippen LogP contribution in [0.5, 0.6) is 0 Å². The SMILES string of the molecule is CCCNC(=O)C(C)N(Cc1ccc(F)cc1)C(=O)CN(c1ccc(Br)cc1)S(C)(=O)=O. The van der Waals surface area contributed by atoms with Crippen molar-refractivity contribution < 1.29 is 22.4 Å². The fourth-order valence-electron chi connectivity index (χ4n) is 2.99. The van der Waals surface area contributed by atoms with Gasteiger partial charge in [-0.1, -0.05) is 35.0 Å². The highest BCUT2D eigenvalue weighted by atomic mass is 79.9. The summed E-state index contributed by atoms with van der Waals surface area (Å²) in [5.41, 5.74) is 0.943. The molecule has 0 fully saturated rings. The van der Waals surface area contributed by atoms with E-state index in [1.807, 2.05) is 6.92 Å². The molecule has 1 N–H and O–H groups in total. The molecule has 1 atom stereocenters. The van der Waals surface area contributed by atoms with Crippen molar-refractivity contribution in [1.29, 1.82) is 0 Å². The number of hydrogen-bond donors (Lipinski definition) is 1. The van der Waals surface area contributed by atoms with E-state index in [2.05, 4.69) is 21.2 Å². The number of halogens is 2. The summed E-state index contributed by atoms with van der Waals surface area (Å²) in [6, 6.07) is 11.2. The first-order valence-electron chi connectivity index (χ1n) is 10.1. The van der Waals surface area contributed by atoms with Crippen LogP contribution >= 0.6 is 15.9 Å². The smallest absolute Gasteiger partial charge is 0.244 e. The number of carbonyl (C=O) groups is 2. The summed E-state index contributed by atoms with van der Waals surface area (Å²) >= 11 is 3.30. The molecule has 174 valence electrons. The lowest BCUT2D eigenvalue weighted by Gasteiger charge is -2.31. The molecule has 2 rings (SSSR count). The van der Waals surface area contributed by atoms with Crippen LogP contribution in [0, 0.1) is 5.82 Å². The van der Waals surface area contributed by atoms with Crippen molar-refractivity contribution in [2.24, 2.45) is 0 Å². The van der Waals surface area contributed by atoms with Gasteiger partial charge in [0.2, 0.25) is 21.8 Å². The van der Waals surface area contributed by atoms with Gasteiger partial charge >= 0.3 is 0 Å². The Morgan fingerprint density at radius 1 is 1.09 bits per heavy atom. The number of amides is 2. The lowest BCUT2D eigenvalue weighted by atomic mass is 10.1. The van der Waals surface area contributed by atoms with E-state index in [1.54, 1.807) is 31.2 Å². The topological polar surface area (TPSA) is 86.8 Å². The number of carbonyl (C=O) groups excluding carboxylic acids is 2. The van der Waals surface area contributed by atoms with E-state index in [9.17, 15) is 22.4 Å². The van der Waals surface area contributed by atoms with Gasteiger partial charge in [-0.2, -0.15) is 0 Å². The Hall–Kier alpha value is -2.46. The van der Waals surface area contributed by atoms with Gasteiger partial charge in [-0.15, -0.1) is 0 Å². The Bertz CT molecular complexity index is 1030. The molecule has 2 aromatic carbocycles. The molecule has 0 aliphatic carbocycles. The number of nitrogens with zero attached hydrogens (tertiary/aromatic N) is 2. The fourth-order valence-corrected chi connectivity index (χ4v) is 4.10. The third-order valence-corrected chi connectivity index (χ3v) is 6.45. The van der Waals surface area contributed by atoms with E-state index < -0.39 is 34.3 Å². The number of anilines is 1. The largest absolute Gasteiger partial charge is 0.354 e. The second-order valence-corrected chi connectivity index (χ2v) is 10.2. The zero-order chi connectivity index (χ0) is 23.9. The van der Waals surface area contributed by atoms with Gasteiger partial charge in [-0.25, -0.2) is 12.8 Å². The molecule has 0 spiro atoms. The highest BCUT2D eigenvalue weighted by molar-refractivity contribution is 9.10. The molecule has 0 saturated heterocycles. The molecule has 0 saturated carbocycles. The zero-order valence-corrected chi connectivity index (χ0v) is 20.6. The lowest BCUT2D eigenvalue weighted by molar-refractivity contribution is -0.139. The average molecular weight is 528 g/mol. The summed E-state index contributed by atoms with van der Waals surface area (Å²) in [5, 5.41) is 2.75. The Morgan fingerprint density at radius 3 is 2.22 bits per heavy atom. The summed E-state index contributed by atoms with van der Waals surface area (Å²) in [6.07, 6.45) is 1.75. The molecule has 10 heteroatoms. The molecule has 0 aliphatic heterocycles. The van der Waals surface area contributed by atoms with E-state index in [1.165, 1.54) is 29.2 Å². The number of nitrogens with one attached hydrogen (secondary N) is 1. The highest BCUT2D eigenvalue weighted by Gasteiger charge is 2.29. The van der Waals surface area contributed by atoms with E-state index in [-0.39, 0.29) is 12.5 Å². The second kappa shape index (κ2) is 11.4. The van der Waals surface area contributed by atoms with Crippen LogP contribution in [0.2, 0.25) is 0 Å². The summed E-state index contributed by atoms with van der Waals surface area (Å²) < 4.78 is 39.9. The minimum atomic E-state index is -3.78. The van der Waals surface area contributed by atoms with E-state index in [4.69, 9.17) is 0 Å². The third-order valence-electron chi connectivity index (χ3n) is 4.78. The van der Waals surface area contributed by atoms with Crippen LogP contribution < -0.4 is 9.62 Å². The molecular formula is C22H27BrFN3O4S. The Kier molecular flexibility index (Phi) is 9.21. The van der Waals surface area contributed by atoms with Crippen LogP contribution in [-0.4, -0.2) is 50.5 Å². The van der Waals surface area contributed by atoms with Gasteiger partial charge in [0.1, 0.15) is 18.4 Å². The molecule has 32 heavy (non-hydrogen) atoms. The molecule has 2 aromatic rings. The summed E-state index contributed by atoms with van der Waals surface area (Å²) in [5.74, 6) is -1.32. The number of benzene rings is 2. The Balaban J connectivity index is 2.34. The van der Waals surface area contributed by atoms with Crippen LogP contribution in [0.15, 0.2) is 53.0 Å². The molecular weight excluding hydrogens is 501 g/mol. The summed E-state index contributed by atoms with van der Waals surface area (Å²) in [4.78, 5) is 27.2. The number of sulfonamides is 1. The van der Waals surface area contributed by atoms with Gasteiger partial charge < -0.3 is 10.2 Å². The fraction of sp³-hybridized carbons (Fsp3) is 0.364. The van der Waals surface area contributed by atoms with Crippen LogP contribution in [0.3, 0.4) is 0 Å². The number of hydrogen-bond acceptors (Lipinski definition) is 4. The molecule has 2 amide bonds. The minimum Gasteiger partial charge on any atom is -0.354 e. The zero-order valence-electron chi connectivity index (χ0n) is 18.2. The Labute approximate surface area is 196 Å². The molecule has 0 aromatic heterocycles. The summed E-state index contributed by atoms with van der Waals surface area (Å²) in [7, 11) is -3.78. The van der Waals surface area contributed by atoms with Crippen molar-refractivity contribution in [2.75, 3.05) is 23.7 Å².